The summed E-state index contributed by atoms with van der Waals surface area (Å²) in [5.41, 5.74) is 3.76. The van der Waals surface area contributed by atoms with Gasteiger partial charge < -0.3 is 0 Å². The Morgan fingerprint density at radius 1 is 1.38 bits per heavy atom. The first-order chi connectivity index (χ1) is 7.66. The Morgan fingerprint density at radius 2 is 2.19 bits per heavy atom. The zero-order chi connectivity index (χ0) is 11.5. The van der Waals surface area contributed by atoms with Crippen molar-refractivity contribution in [3.63, 3.8) is 0 Å². The SMILES string of the molecule is C=C1COCc2cc([I-]CC(C)C)ccc21. The number of halogens is 1. The van der Waals surface area contributed by atoms with Gasteiger partial charge in [0, 0.05) is 0 Å². The molecule has 0 atom stereocenters. The van der Waals surface area contributed by atoms with Crippen LogP contribution in [0.3, 0.4) is 0 Å². The summed E-state index contributed by atoms with van der Waals surface area (Å²) in [4.78, 5) is 0. The van der Waals surface area contributed by atoms with Crippen molar-refractivity contribution < 1.29 is 25.9 Å². The molecule has 0 radical (unpaired) electrons. The van der Waals surface area contributed by atoms with E-state index in [0.717, 1.165) is 18.1 Å². The van der Waals surface area contributed by atoms with Crippen LogP contribution in [0.2, 0.25) is 0 Å². The molecule has 0 fully saturated rings. The van der Waals surface area contributed by atoms with Gasteiger partial charge in [-0.1, -0.05) is 0 Å². The van der Waals surface area contributed by atoms with Gasteiger partial charge in [-0.15, -0.1) is 0 Å². The molecule has 1 aliphatic rings. The number of fused-ring (bicyclic) bond motifs is 1. The van der Waals surface area contributed by atoms with Gasteiger partial charge in [0.1, 0.15) is 0 Å². The fourth-order valence-electron chi connectivity index (χ4n) is 1.72. The van der Waals surface area contributed by atoms with Crippen molar-refractivity contribution >= 4 is 5.57 Å². The number of rotatable bonds is 3. The minimum absolute atomic E-state index is 0.170. The van der Waals surface area contributed by atoms with Crippen LogP contribution >= 0.6 is 0 Å². The van der Waals surface area contributed by atoms with Gasteiger partial charge in [0.15, 0.2) is 0 Å². The van der Waals surface area contributed by atoms with Crippen LogP contribution in [0.25, 0.3) is 5.57 Å². The van der Waals surface area contributed by atoms with Gasteiger partial charge in [-0.3, -0.25) is 0 Å². The van der Waals surface area contributed by atoms with Crippen molar-refractivity contribution in [1.82, 2.24) is 0 Å². The van der Waals surface area contributed by atoms with E-state index in [1.54, 1.807) is 0 Å². The fourth-order valence-corrected chi connectivity index (χ4v) is 4.13. The summed E-state index contributed by atoms with van der Waals surface area (Å²) in [6.07, 6.45) is 0. The Morgan fingerprint density at radius 3 is 2.94 bits per heavy atom. The molecule has 0 spiro atoms. The Balaban J connectivity index is 2.15. The van der Waals surface area contributed by atoms with E-state index in [-0.39, 0.29) is 21.2 Å². The molecule has 1 heterocycles. The average Bonchev–Trinajstić information content (AvgIpc) is 2.26. The summed E-state index contributed by atoms with van der Waals surface area (Å²) in [6, 6.07) is 6.84. The van der Waals surface area contributed by atoms with Crippen LogP contribution in [0.1, 0.15) is 25.0 Å². The van der Waals surface area contributed by atoms with Crippen LogP contribution in [0.15, 0.2) is 24.8 Å². The van der Waals surface area contributed by atoms with Crippen molar-refractivity contribution in [3.05, 3.63) is 39.5 Å². The van der Waals surface area contributed by atoms with Gasteiger partial charge in [-0.25, -0.2) is 0 Å². The van der Waals surface area contributed by atoms with Gasteiger partial charge in [-0.2, -0.15) is 0 Å². The van der Waals surface area contributed by atoms with Crippen molar-refractivity contribution in [1.29, 1.82) is 0 Å². The van der Waals surface area contributed by atoms with E-state index in [1.165, 1.54) is 19.1 Å². The zero-order valence-electron chi connectivity index (χ0n) is 9.92. The van der Waals surface area contributed by atoms with Crippen LogP contribution in [-0.4, -0.2) is 11.0 Å². The third-order valence-corrected chi connectivity index (χ3v) is 6.28. The molecular formula is C14H18IO-. The second-order valence-corrected chi connectivity index (χ2v) is 7.47. The molecular weight excluding hydrogens is 311 g/mol. The minimum atomic E-state index is 0.170. The quantitative estimate of drug-likeness (QED) is 0.567. The van der Waals surface area contributed by atoms with Crippen LogP contribution in [0.5, 0.6) is 0 Å². The third kappa shape index (κ3) is 2.86. The molecule has 0 aliphatic carbocycles. The second kappa shape index (κ2) is 5.32. The maximum atomic E-state index is 5.50. The topological polar surface area (TPSA) is 9.23 Å². The van der Waals surface area contributed by atoms with E-state index >= 15 is 0 Å². The predicted molar refractivity (Wildman–Crippen MR) is 63.5 cm³/mol. The van der Waals surface area contributed by atoms with Gasteiger partial charge in [0.25, 0.3) is 0 Å². The zero-order valence-corrected chi connectivity index (χ0v) is 12.1. The van der Waals surface area contributed by atoms with E-state index in [2.05, 4.69) is 38.6 Å². The molecule has 0 saturated heterocycles. The van der Waals surface area contributed by atoms with Crippen LogP contribution < -0.4 is 21.2 Å². The van der Waals surface area contributed by atoms with Crippen molar-refractivity contribution in [2.75, 3.05) is 11.0 Å². The van der Waals surface area contributed by atoms with Gasteiger partial charge in [-0.05, 0) is 0 Å². The molecule has 0 saturated carbocycles. The summed E-state index contributed by atoms with van der Waals surface area (Å²) in [7, 11) is 0. The number of hydrogen-bond donors (Lipinski definition) is 0. The summed E-state index contributed by atoms with van der Waals surface area (Å²) >= 11 is 0.170. The Labute approximate surface area is 108 Å². The second-order valence-electron chi connectivity index (χ2n) is 4.58. The first kappa shape index (κ1) is 12.1. The molecule has 0 amide bonds. The van der Waals surface area contributed by atoms with Crippen molar-refractivity contribution in [2.24, 2.45) is 5.92 Å². The van der Waals surface area contributed by atoms with Gasteiger partial charge in [0.2, 0.25) is 0 Å². The molecule has 2 heteroatoms. The number of benzene rings is 1. The van der Waals surface area contributed by atoms with Gasteiger partial charge in [0.05, 0.1) is 0 Å². The Bertz CT molecular complexity index is 396. The summed E-state index contributed by atoms with van der Waals surface area (Å²) in [5.74, 6) is 0.815. The van der Waals surface area contributed by atoms with Crippen molar-refractivity contribution in [3.8, 4) is 0 Å². The van der Waals surface area contributed by atoms with E-state index < -0.39 is 0 Å². The molecule has 2 rings (SSSR count). The molecule has 1 aromatic carbocycles. The number of ether oxygens (including phenoxy) is 1. The molecule has 1 aliphatic heterocycles. The van der Waals surface area contributed by atoms with Crippen LogP contribution in [0.4, 0.5) is 0 Å². The fraction of sp³-hybridized carbons (Fsp3) is 0.429. The number of alkyl halides is 1. The summed E-state index contributed by atoms with van der Waals surface area (Å²) in [5, 5.41) is 0. The first-order valence-electron chi connectivity index (χ1n) is 5.65. The van der Waals surface area contributed by atoms with Gasteiger partial charge >= 0.3 is 108 Å². The monoisotopic (exact) mass is 329 g/mol. The normalized spacial score (nSPS) is 15.6. The molecule has 0 unspecified atom stereocenters. The Hall–Kier alpha value is -0.350. The average molecular weight is 329 g/mol. The molecule has 16 heavy (non-hydrogen) atoms. The number of hydrogen-bond acceptors (Lipinski definition) is 1. The van der Waals surface area contributed by atoms with Crippen molar-refractivity contribution in [2.45, 2.75) is 20.5 Å². The molecule has 0 bridgehead atoms. The molecule has 1 nitrogen and oxygen atoms in total. The van der Waals surface area contributed by atoms with Crippen LogP contribution in [-0.2, 0) is 11.3 Å². The third-order valence-electron chi connectivity index (χ3n) is 2.52. The maximum absolute atomic E-state index is 5.50. The van der Waals surface area contributed by atoms with E-state index in [1.807, 2.05) is 0 Å². The Kier molecular flexibility index (Phi) is 4.03. The predicted octanol–water partition coefficient (Wildman–Crippen LogP) is 0.145. The summed E-state index contributed by atoms with van der Waals surface area (Å²) in [6.45, 7) is 10.1. The molecule has 0 aromatic heterocycles. The van der Waals surface area contributed by atoms with Crippen LogP contribution in [0, 0.1) is 9.49 Å². The van der Waals surface area contributed by atoms with E-state index in [0.29, 0.717) is 6.61 Å². The first-order valence-corrected chi connectivity index (χ1v) is 8.25. The molecule has 0 N–H and O–H groups in total. The van der Waals surface area contributed by atoms with E-state index in [4.69, 9.17) is 4.74 Å². The summed E-state index contributed by atoms with van der Waals surface area (Å²) < 4.78 is 8.39. The molecule has 1 aromatic rings. The standard InChI is InChI=1S/C14H18IO/c1-10(2)7-15-13-4-5-14-11(3)8-16-9-12(14)6-13/h4-6,10H,3,7-9H2,1-2H3/q-1. The van der Waals surface area contributed by atoms with E-state index in [9.17, 15) is 0 Å². The molecule has 88 valence electrons.